The van der Waals surface area contributed by atoms with Crippen molar-refractivity contribution in [3.05, 3.63) is 28.3 Å². The first-order valence-corrected chi connectivity index (χ1v) is 12.0. The van der Waals surface area contributed by atoms with Crippen LogP contribution in [0, 0.1) is 12.3 Å². The van der Waals surface area contributed by atoms with Crippen molar-refractivity contribution in [1.29, 1.82) is 0 Å². The number of aliphatic hydroxyl groups is 1. The topological polar surface area (TPSA) is 70.9 Å². The fraction of sp³-hybridized carbons (Fsp3) is 0.760. The fourth-order valence-corrected chi connectivity index (χ4v) is 4.26. The smallest absolute Gasteiger partial charge is 0.327 e. The van der Waals surface area contributed by atoms with Crippen LogP contribution in [0.15, 0.2) is 16.9 Å². The van der Waals surface area contributed by atoms with Gasteiger partial charge in [0.2, 0.25) is 0 Å². The Morgan fingerprint density at radius 3 is 2.13 bits per heavy atom. The number of nitrogens with one attached hydrogen (secondary N) is 1. The minimum Gasteiger partial charge on any atom is -0.397 e. The summed E-state index contributed by atoms with van der Waals surface area (Å²) in [5.74, 6) is 0. The summed E-state index contributed by atoms with van der Waals surface area (Å²) in [4.78, 5) is 19.5. The largest absolute Gasteiger partial charge is 0.397 e. The van der Waals surface area contributed by atoms with E-state index in [0.717, 1.165) is 48.0 Å². The number of rotatable bonds is 6. The number of aryl methyl sites for hydroxylation is 1. The van der Waals surface area contributed by atoms with Crippen molar-refractivity contribution in [3.8, 4) is 0 Å². The molecule has 5 heteroatoms. The number of hydrogen-bond acceptors (Lipinski definition) is 3. The quantitative estimate of drug-likeness (QED) is 0.558. The van der Waals surface area contributed by atoms with Crippen LogP contribution in [-0.2, 0) is 0 Å². The van der Waals surface area contributed by atoms with Gasteiger partial charge in [0, 0.05) is 18.3 Å². The lowest BCUT2D eigenvalue weighted by Crippen LogP contribution is -2.22. The first-order chi connectivity index (χ1) is 14.4. The summed E-state index contributed by atoms with van der Waals surface area (Å²) in [6.07, 6.45) is 13.0. The van der Waals surface area contributed by atoms with Crippen LogP contribution in [0.2, 0.25) is 0 Å². The lowest BCUT2D eigenvalue weighted by atomic mass is 9.74. The Morgan fingerprint density at radius 1 is 1.10 bits per heavy atom. The van der Waals surface area contributed by atoms with Gasteiger partial charge in [0.05, 0.1) is 5.52 Å². The normalized spacial score (nSPS) is 15.3. The molecule has 2 heterocycles. The lowest BCUT2D eigenvalue weighted by molar-refractivity contribution is 0.208. The Kier molecular flexibility index (Phi) is 12.0. The van der Waals surface area contributed by atoms with Crippen molar-refractivity contribution in [1.82, 2.24) is 14.5 Å². The summed E-state index contributed by atoms with van der Waals surface area (Å²) < 4.78 is 1.84. The van der Waals surface area contributed by atoms with Gasteiger partial charge in [-0.05, 0) is 57.1 Å². The molecular weight excluding hydrogens is 374 g/mol. The predicted octanol–water partition coefficient (Wildman–Crippen LogP) is 6.54. The standard InChI is InChI=1S/C14H21N3O.C9H18.C2H6O/c1-4-6-11(7-5-2)17-13-12(16-14(17)18)9-8-10(3)15-13;1-3-9(2)7-5-4-6-8-9;1-2-3/h8-9,11H,4-7H2,1-3H3,(H,16,18);3-8H2,1-2H3;3H,2H2,1H3. The molecule has 1 saturated carbocycles. The molecule has 0 saturated heterocycles. The average Bonchev–Trinajstić information content (AvgIpc) is 3.04. The molecule has 30 heavy (non-hydrogen) atoms. The maximum absolute atomic E-state index is 12.1. The van der Waals surface area contributed by atoms with Crippen molar-refractivity contribution in [3.63, 3.8) is 0 Å². The van der Waals surface area contributed by atoms with Crippen molar-refractivity contribution in [2.75, 3.05) is 6.61 Å². The van der Waals surface area contributed by atoms with E-state index in [4.69, 9.17) is 5.11 Å². The SMILES string of the molecule is CCC1(C)CCCCC1.CCCC(CCC)n1c(=O)[nH]c2ccc(C)nc21.CCO. The first-order valence-electron chi connectivity index (χ1n) is 12.0. The summed E-state index contributed by atoms with van der Waals surface area (Å²) in [7, 11) is 0. The third-order valence-electron chi connectivity index (χ3n) is 6.23. The summed E-state index contributed by atoms with van der Waals surface area (Å²) >= 11 is 0. The average molecular weight is 420 g/mol. The van der Waals surface area contributed by atoms with Crippen LogP contribution in [0.4, 0.5) is 0 Å². The van der Waals surface area contributed by atoms with Gasteiger partial charge in [-0.15, -0.1) is 0 Å². The van der Waals surface area contributed by atoms with Gasteiger partial charge in [0.15, 0.2) is 5.65 Å². The molecular formula is C25H45N3O2. The van der Waals surface area contributed by atoms with E-state index in [1.54, 1.807) is 6.92 Å². The second-order valence-corrected chi connectivity index (χ2v) is 8.90. The molecule has 0 unspecified atom stereocenters. The van der Waals surface area contributed by atoms with Gasteiger partial charge in [-0.2, -0.15) is 0 Å². The van der Waals surface area contributed by atoms with E-state index in [9.17, 15) is 4.79 Å². The number of aromatic nitrogens is 3. The van der Waals surface area contributed by atoms with E-state index in [1.807, 2.05) is 23.6 Å². The third kappa shape index (κ3) is 7.90. The summed E-state index contributed by atoms with van der Waals surface area (Å²) in [6, 6.07) is 4.12. The van der Waals surface area contributed by atoms with Crippen molar-refractivity contribution < 1.29 is 5.11 Å². The maximum atomic E-state index is 12.1. The van der Waals surface area contributed by atoms with Crippen molar-refractivity contribution in [2.45, 2.75) is 112 Å². The zero-order valence-corrected chi connectivity index (χ0v) is 20.3. The van der Waals surface area contributed by atoms with Crippen molar-refractivity contribution >= 4 is 11.2 Å². The Balaban J connectivity index is 0.000000313. The first kappa shape index (κ1) is 26.4. The van der Waals surface area contributed by atoms with Gasteiger partial charge in [-0.25, -0.2) is 9.78 Å². The van der Waals surface area contributed by atoms with E-state index >= 15 is 0 Å². The van der Waals surface area contributed by atoms with E-state index in [1.165, 1.54) is 38.5 Å². The van der Waals surface area contributed by atoms with Gasteiger partial charge in [0.1, 0.15) is 0 Å². The maximum Gasteiger partial charge on any atom is 0.327 e. The van der Waals surface area contributed by atoms with E-state index < -0.39 is 0 Å². The van der Waals surface area contributed by atoms with Crippen LogP contribution < -0.4 is 5.69 Å². The molecule has 2 aromatic heterocycles. The van der Waals surface area contributed by atoms with Gasteiger partial charge < -0.3 is 10.1 Å². The van der Waals surface area contributed by atoms with Crippen LogP contribution >= 0.6 is 0 Å². The van der Waals surface area contributed by atoms with E-state index in [2.05, 4.69) is 37.7 Å². The van der Waals surface area contributed by atoms with Crippen molar-refractivity contribution in [2.24, 2.45) is 5.41 Å². The van der Waals surface area contributed by atoms with Gasteiger partial charge in [0.25, 0.3) is 0 Å². The highest BCUT2D eigenvalue weighted by Gasteiger charge is 2.23. The Morgan fingerprint density at radius 2 is 1.67 bits per heavy atom. The van der Waals surface area contributed by atoms with Crippen LogP contribution in [0.1, 0.15) is 111 Å². The molecule has 0 spiro atoms. The third-order valence-corrected chi connectivity index (χ3v) is 6.23. The minimum absolute atomic E-state index is 0.0324. The monoisotopic (exact) mass is 419 g/mol. The molecule has 1 aliphatic rings. The number of imidazole rings is 1. The zero-order valence-electron chi connectivity index (χ0n) is 20.3. The Hall–Kier alpha value is -1.62. The molecule has 0 radical (unpaired) electrons. The highest BCUT2D eigenvalue weighted by atomic mass is 16.2. The Labute approximate surface area is 183 Å². The number of fused-ring (bicyclic) bond motifs is 1. The molecule has 2 N–H and O–H groups in total. The summed E-state index contributed by atoms with van der Waals surface area (Å²) in [5, 5.41) is 7.57. The zero-order chi connectivity index (χ0) is 22.6. The van der Waals surface area contributed by atoms with Crippen LogP contribution in [0.3, 0.4) is 0 Å². The molecule has 0 aliphatic heterocycles. The van der Waals surface area contributed by atoms with E-state index in [-0.39, 0.29) is 18.3 Å². The second-order valence-electron chi connectivity index (χ2n) is 8.90. The van der Waals surface area contributed by atoms with Gasteiger partial charge in [-0.1, -0.05) is 66.2 Å². The molecule has 1 fully saturated rings. The summed E-state index contributed by atoms with van der Waals surface area (Å²) in [5.41, 5.74) is 3.27. The summed E-state index contributed by atoms with van der Waals surface area (Å²) in [6.45, 7) is 13.0. The Bertz CT molecular complexity index is 766. The number of aromatic amines is 1. The van der Waals surface area contributed by atoms with Crippen LogP contribution in [0.25, 0.3) is 11.2 Å². The molecule has 0 atom stereocenters. The van der Waals surface area contributed by atoms with Crippen LogP contribution in [0.5, 0.6) is 0 Å². The molecule has 2 aromatic rings. The molecule has 3 rings (SSSR count). The second kappa shape index (κ2) is 13.6. The molecule has 5 nitrogen and oxygen atoms in total. The predicted molar refractivity (Wildman–Crippen MR) is 128 cm³/mol. The fourth-order valence-electron chi connectivity index (χ4n) is 4.26. The van der Waals surface area contributed by atoms with Gasteiger partial charge >= 0.3 is 5.69 Å². The molecule has 172 valence electrons. The number of hydrogen-bond donors (Lipinski definition) is 2. The molecule has 1 aliphatic carbocycles. The van der Waals surface area contributed by atoms with Gasteiger partial charge in [-0.3, -0.25) is 4.57 Å². The highest BCUT2D eigenvalue weighted by molar-refractivity contribution is 5.70. The molecule has 0 amide bonds. The van der Waals surface area contributed by atoms with Crippen LogP contribution in [-0.4, -0.2) is 26.2 Å². The number of aliphatic hydroxyl groups excluding tert-OH is 1. The molecule has 0 bridgehead atoms. The minimum atomic E-state index is -0.0324. The number of pyridine rings is 1. The number of H-pyrrole nitrogens is 1. The number of nitrogens with zero attached hydrogens (tertiary/aromatic N) is 2. The van der Waals surface area contributed by atoms with E-state index in [0.29, 0.717) is 0 Å². The lowest BCUT2D eigenvalue weighted by Gasteiger charge is -2.32. The highest BCUT2D eigenvalue weighted by Crippen LogP contribution is 2.38. The molecule has 0 aromatic carbocycles.